The molecule has 0 bridgehead atoms. The van der Waals surface area contributed by atoms with Crippen molar-refractivity contribution >= 4 is 17.3 Å². The lowest BCUT2D eigenvalue weighted by molar-refractivity contribution is -0.140. The molecule has 0 saturated heterocycles. The van der Waals surface area contributed by atoms with E-state index >= 15 is 0 Å². The topological polar surface area (TPSA) is 67.1 Å². The SMILES string of the molecule is CN=C(NCCn1cccn1)NCc1nc(C(F)(F)F)cs1. The van der Waals surface area contributed by atoms with Gasteiger partial charge in [-0.25, -0.2) is 4.98 Å². The van der Waals surface area contributed by atoms with Gasteiger partial charge in [0.25, 0.3) is 0 Å². The third-order valence-electron chi connectivity index (χ3n) is 2.67. The van der Waals surface area contributed by atoms with E-state index in [9.17, 15) is 13.2 Å². The van der Waals surface area contributed by atoms with Crippen LogP contribution in [0.5, 0.6) is 0 Å². The van der Waals surface area contributed by atoms with Crippen molar-refractivity contribution in [3.05, 3.63) is 34.5 Å². The van der Waals surface area contributed by atoms with Gasteiger partial charge < -0.3 is 10.6 Å². The second-order valence-electron chi connectivity index (χ2n) is 4.25. The summed E-state index contributed by atoms with van der Waals surface area (Å²) in [6.45, 7) is 1.43. The monoisotopic (exact) mass is 332 g/mol. The highest BCUT2D eigenvalue weighted by Gasteiger charge is 2.33. The van der Waals surface area contributed by atoms with Crippen LogP contribution in [-0.2, 0) is 19.3 Å². The number of aromatic nitrogens is 3. The molecule has 0 saturated carbocycles. The summed E-state index contributed by atoms with van der Waals surface area (Å²) in [7, 11) is 1.59. The number of aliphatic imine (C=N–C) groups is 1. The number of hydrogen-bond acceptors (Lipinski definition) is 4. The second-order valence-corrected chi connectivity index (χ2v) is 5.19. The highest BCUT2D eigenvalue weighted by Crippen LogP contribution is 2.29. The van der Waals surface area contributed by atoms with Gasteiger partial charge in [0.05, 0.1) is 13.1 Å². The predicted molar refractivity (Wildman–Crippen MR) is 77.5 cm³/mol. The zero-order valence-electron chi connectivity index (χ0n) is 11.8. The lowest BCUT2D eigenvalue weighted by Gasteiger charge is -2.10. The molecule has 2 aromatic heterocycles. The van der Waals surface area contributed by atoms with E-state index in [0.29, 0.717) is 24.1 Å². The molecule has 0 unspecified atom stereocenters. The van der Waals surface area contributed by atoms with E-state index in [1.54, 1.807) is 17.9 Å². The summed E-state index contributed by atoms with van der Waals surface area (Å²) >= 11 is 0.960. The first-order chi connectivity index (χ1) is 10.5. The summed E-state index contributed by atoms with van der Waals surface area (Å²) in [6, 6.07) is 1.83. The molecular weight excluding hydrogens is 317 g/mol. The van der Waals surface area contributed by atoms with Crippen molar-refractivity contribution in [3.8, 4) is 0 Å². The lowest BCUT2D eigenvalue weighted by Crippen LogP contribution is -2.38. The van der Waals surface area contributed by atoms with Crippen molar-refractivity contribution in [2.45, 2.75) is 19.3 Å². The van der Waals surface area contributed by atoms with Crippen LogP contribution in [0.2, 0.25) is 0 Å². The minimum atomic E-state index is -4.40. The van der Waals surface area contributed by atoms with Crippen LogP contribution in [0, 0.1) is 0 Å². The summed E-state index contributed by atoms with van der Waals surface area (Å²) < 4.78 is 39.1. The van der Waals surface area contributed by atoms with Crippen LogP contribution in [0.25, 0.3) is 0 Å². The van der Waals surface area contributed by atoms with Gasteiger partial charge >= 0.3 is 6.18 Å². The first-order valence-corrected chi connectivity index (χ1v) is 7.30. The van der Waals surface area contributed by atoms with E-state index in [0.717, 1.165) is 16.7 Å². The Kier molecular flexibility index (Phi) is 5.36. The molecule has 0 aromatic carbocycles. The van der Waals surface area contributed by atoms with Crippen LogP contribution >= 0.6 is 11.3 Å². The molecule has 2 aromatic rings. The molecule has 0 amide bonds. The van der Waals surface area contributed by atoms with Gasteiger partial charge in [0, 0.05) is 31.4 Å². The minimum absolute atomic E-state index is 0.183. The largest absolute Gasteiger partial charge is 0.434 e. The molecule has 0 spiro atoms. The Morgan fingerprint density at radius 1 is 1.41 bits per heavy atom. The molecule has 120 valence electrons. The molecule has 2 rings (SSSR count). The van der Waals surface area contributed by atoms with Crippen LogP contribution in [0.4, 0.5) is 13.2 Å². The number of nitrogens with one attached hydrogen (secondary N) is 2. The maximum absolute atomic E-state index is 12.4. The number of halogens is 3. The Labute approximate surface area is 129 Å². The van der Waals surface area contributed by atoms with Crippen LogP contribution in [0.15, 0.2) is 28.8 Å². The summed E-state index contributed by atoms with van der Waals surface area (Å²) in [6.07, 6.45) is -0.877. The van der Waals surface area contributed by atoms with Crippen LogP contribution in [-0.4, -0.2) is 34.3 Å². The van der Waals surface area contributed by atoms with E-state index < -0.39 is 11.9 Å². The molecule has 0 atom stereocenters. The Bertz CT molecular complexity index is 605. The average Bonchev–Trinajstić information content (AvgIpc) is 3.13. The fourth-order valence-electron chi connectivity index (χ4n) is 1.62. The van der Waals surface area contributed by atoms with Crippen LogP contribution < -0.4 is 10.6 Å². The van der Waals surface area contributed by atoms with Crippen molar-refractivity contribution < 1.29 is 13.2 Å². The molecule has 0 radical (unpaired) electrons. The van der Waals surface area contributed by atoms with E-state index in [4.69, 9.17) is 0 Å². The van der Waals surface area contributed by atoms with E-state index in [1.165, 1.54) is 0 Å². The Morgan fingerprint density at radius 2 is 2.23 bits per heavy atom. The third-order valence-corrected chi connectivity index (χ3v) is 3.51. The van der Waals surface area contributed by atoms with Crippen molar-refractivity contribution in [3.63, 3.8) is 0 Å². The first-order valence-electron chi connectivity index (χ1n) is 6.42. The fourth-order valence-corrected chi connectivity index (χ4v) is 2.36. The molecule has 0 aliphatic carbocycles. The average molecular weight is 332 g/mol. The van der Waals surface area contributed by atoms with Gasteiger partial charge in [-0.05, 0) is 6.07 Å². The number of nitrogens with zero attached hydrogens (tertiary/aromatic N) is 4. The van der Waals surface area contributed by atoms with E-state index in [-0.39, 0.29) is 6.54 Å². The van der Waals surface area contributed by atoms with Crippen molar-refractivity contribution in [2.75, 3.05) is 13.6 Å². The highest BCUT2D eigenvalue weighted by atomic mass is 32.1. The van der Waals surface area contributed by atoms with Crippen molar-refractivity contribution in [1.29, 1.82) is 0 Å². The van der Waals surface area contributed by atoms with E-state index in [1.807, 2.05) is 12.3 Å². The highest BCUT2D eigenvalue weighted by molar-refractivity contribution is 7.09. The van der Waals surface area contributed by atoms with Gasteiger partial charge in [-0.1, -0.05) is 0 Å². The van der Waals surface area contributed by atoms with Crippen LogP contribution in [0.1, 0.15) is 10.7 Å². The number of thiazole rings is 1. The number of guanidine groups is 1. The Hall–Kier alpha value is -2.10. The molecule has 0 aliphatic heterocycles. The fraction of sp³-hybridized carbons (Fsp3) is 0.417. The van der Waals surface area contributed by atoms with Gasteiger partial charge in [-0.2, -0.15) is 18.3 Å². The summed E-state index contributed by atoms with van der Waals surface area (Å²) in [5.74, 6) is 0.496. The molecular formula is C12H15F3N6S. The summed E-state index contributed by atoms with van der Waals surface area (Å²) in [5, 5.41) is 11.4. The normalized spacial score (nSPS) is 12.5. The maximum atomic E-state index is 12.4. The molecule has 2 N–H and O–H groups in total. The van der Waals surface area contributed by atoms with Gasteiger partial charge in [0.2, 0.25) is 0 Å². The summed E-state index contributed by atoms with van der Waals surface area (Å²) in [5.41, 5.74) is -0.865. The lowest BCUT2D eigenvalue weighted by atomic mass is 10.5. The molecule has 2 heterocycles. The number of rotatable bonds is 5. The van der Waals surface area contributed by atoms with Gasteiger partial charge in [0.1, 0.15) is 5.01 Å². The number of hydrogen-bond donors (Lipinski definition) is 2. The van der Waals surface area contributed by atoms with Crippen molar-refractivity contribution in [1.82, 2.24) is 25.4 Å². The van der Waals surface area contributed by atoms with Gasteiger partial charge in [-0.3, -0.25) is 9.67 Å². The zero-order valence-corrected chi connectivity index (χ0v) is 12.6. The van der Waals surface area contributed by atoms with Gasteiger partial charge in [-0.15, -0.1) is 11.3 Å². The number of alkyl halides is 3. The van der Waals surface area contributed by atoms with E-state index in [2.05, 4.69) is 25.7 Å². The first kappa shape index (κ1) is 16.3. The standard InChI is InChI=1S/C12H15F3N6S/c1-16-11(17-4-6-21-5-2-3-19-21)18-7-10-20-9(8-22-10)12(13,14)15/h2-3,5,8H,4,6-7H2,1H3,(H2,16,17,18). The molecule has 10 heteroatoms. The molecule has 6 nitrogen and oxygen atoms in total. The smallest absolute Gasteiger partial charge is 0.355 e. The van der Waals surface area contributed by atoms with Gasteiger partial charge in [0.15, 0.2) is 11.7 Å². The predicted octanol–water partition coefficient (Wildman–Crippen LogP) is 1.72. The second kappa shape index (κ2) is 7.25. The molecule has 22 heavy (non-hydrogen) atoms. The molecule has 0 fully saturated rings. The summed E-state index contributed by atoms with van der Waals surface area (Å²) in [4.78, 5) is 7.54. The zero-order chi connectivity index (χ0) is 16.0. The third kappa shape index (κ3) is 4.72. The van der Waals surface area contributed by atoms with Crippen LogP contribution in [0.3, 0.4) is 0 Å². The minimum Gasteiger partial charge on any atom is -0.355 e. The maximum Gasteiger partial charge on any atom is 0.434 e. The van der Waals surface area contributed by atoms with Crippen molar-refractivity contribution in [2.24, 2.45) is 4.99 Å². The molecule has 0 aliphatic rings. The Morgan fingerprint density at radius 3 is 2.82 bits per heavy atom. The quantitative estimate of drug-likeness (QED) is 0.646. The Balaban J connectivity index is 1.77.